The van der Waals surface area contributed by atoms with Crippen molar-refractivity contribution < 1.29 is 4.74 Å². The Bertz CT molecular complexity index is 369. The molecule has 82 valence electrons. The molecule has 0 atom stereocenters. The zero-order chi connectivity index (χ0) is 11.6. The molecule has 0 fully saturated rings. The van der Waals surface area contributed by atoms with Crippen LogP contribution in [-0.4, -0.2) is 5.60 Å². The van der Waals surface area contributed by atoms with E-state index in [1.54, 1.807) is 0 Å². The Labute approximate surface area is 92.8 Å². The van der Waals surface area contributed by atoms with Gasteiger partial charge in [-0.1, -0.05) is 18.2 Å². The summed E-state index contributed by atoms with van der Waals surface area (Å²) in [7, 11) is 0. The van der Waals surface area contributed by atoms with Gasteiger partial charge >= 0.3 is 0 Å². The molecule has 0 unspecified atom stereocenters. The summed E-state index contributed by atoms with van der Waals surface area (Å²) in [4.78, 5) is 0. The fourth-order valence-corrected chi connectivity index (χ4v) is 1.48. The Balaban J connectivity index is 3.03. The van der Waals surface area contributed by atoms with Crippen LogP contribution in [0, 0.1) is 6.92 Å². The van der Waals surface area contributed by atoms with E-state index in [2.05, 4.69) is 25.6 Å². The number of aryl methyl sites for hydroxylation is 1. The molecule has 1 nitrogen and oxygen atoms in total. The van der Waals surface area contributed by atoms with Gasteiger partial charge in [-0.3, -0.25) is 0 Å². The van der Waals surface area contributed by atoms with Gasteiger partial charge in [0.05, 0.1) is 0 Å². The zero-order valence-corrected chi connectivity index (χ0v) is 10.3. The predicted molar refractivity (Wildman–Crippen MR) is 66.3 cm³/mol. The van der Waals surface area contributed by atoms with Crippen LogP contribution >= 0.6 is 0 Å². The van der Waals surface area contributed by atoms with Gasteiger partial charge < -0.3 is 4.74 Å². The van der Waals surface area contributed by atoms with Crippen molar-refractivity contribution in [3.8, 4) is 5.75 Å². The normalized spacial score (nSPS) is 11.3. The highest BCUT2D eigenvalue weighted by Gasteiger charge is 2.12. The van der Waals surface area contributed by atoms with Gasteiger partial charge in [0.2, 0.25) is 0 Å². The largest absolute Gasteiger partial charge is 0.488 e. The van der Waals surface area contributed by atoms with Crippen LogP contribution in [0.3, 0.4) is 0 Å². The molecule has 0 aromatic heterocycles. The molecule has 0 aliphatic heterocycles. The zero-order valence-electron chi connectivity index (χ0n) is 10.3. The highest BCUT2D eigenvalue weighted by Crippen LogP contribution is 2.25. The van der Waals surface area contributed by atoms with E-state index in [1.807, 2.05) is 33.8 Å². The molecule has 1 rings (SSSR count). The van der Waals surface area contributed by atoms with Crippen molar-refractivity contribution in [2.45, 2.75) is 40.2 Å². The van der Waals surface area contributed by atoms with Crippen LogP contribution in [0.1, 0.15) is 38.8 Å². The Hall–Kier alpha value is -1.24. The van der Waals surface area contributed by atoms with Crippen molar-refractivity contribution >= 4 is 5.57 Å². The Morgan fingerprint density at radius 1 is 1.27 bits per heavy atom. The average molecular weight is 204 g/mol. The first-order valence-corrected chi connectivity index (χ1v) is 5.25. The Kier molecular flexibility index (Phi) is 3.23. The molecule has 0 saturated heterocycles. The van der Waals surface area contributed by atoms with Gasteiger partial charge in [0.15, 0.2) is 0 Å². The van der Waals surface area contributed by atoms with E-state index in [0.717, 1.165) is 11.3 Å². The first-order chi connectivity index (χ1) is 6.79. The number of hydrogen-bond acceptors (Lipinski definition) is 1. The highest BCUT2D eigenvalue weighted by molar-refractivity contribution is 5.65. The molecule has 0 aliphatic rings. The van der Waals surface area contributed by atoms with Gasteiger partial charge in [0.1, 0.15) is 11.4 Å². The van der Waals surface area contributed by atoms with Gasteiger partial charge in [-0.2, -0.15) is 0 Å². The van der Waals surface area contributed by atoms with Crippen LogP contribution < -0.4 is 4.74 Å². The smallest absolute Gasteiger partial charge is 0.120 e. The predicted octanol–water partition coefficient (Wildman–Crippen LogP) is 4.21. The molecule has 0 radical (unpaired) electrons. The van der Waals surface area contributed by atoms with E-state index in [1.165, 1.54) is 11.1 Å². The van der Waals surface area contributed by atoms with Crippen molar-refractivity contribution in [1.82, 2.24) is 0 Å². The minimum Gasteiger partial charge on any atom is -0.488 e. The third kappa shape index (κ3) is 3.43. The van der Waals surface area contributed by atoms with Gasteiger partial charge in [-0.25, -0.2) is 0 Å². The fourth-order valence-electron chi connectivity index (χ4n) is 1.48. The molecule has 0 aliphatic carbocycles. The molecular weight excluding hydrogens is 184 g/mol. The van der Waals surface area contributed by atoms with Crippen LogP contribution in [0.25, 0.3) is 5.57 Å². The summed E-state index contributed by atoms with van der Waals surface area (Å²) in [6.07, 6.45) is 0. The molecule has 1 aromatic carbocycles. The molecule has 0 amide bonds. The summed E-state index contributed by atoms with van der Waals surface area (Å²) in [5.41, 5.74) is 3.34. The molecule has 0 bridgehead atoms. The molecular formula is C14H20O. The monoisotopic (exact) mass is 204 g/mol. The number of benzene rings is 1. The number of allylic oxidation sites excluding steroid dienone is 1. The van der Waals surface area contributed by atoms with E-state index in [0.29, 0.717) is 0 Å². The quantitative estimate of drug-likeness (QED) is 0.701. The van der Waals surface area contributed by atoms with Crippen molar-refractivity contribution in [1.29, 1.82) is 0 Å². The third-order valence-corrected chi connectivity index (χ3v) is 2.09. The standard InChI is InChI=1S/C14H20O/c1-10(2)13-9-12(8-7-11(13)3)15-14(4,5)6/h7-9H,1H2,2-6H3. The minimum atomic E-state index is -0.151. The number of ether oxygens (including phenoxy) is 1. The van der Waals surface area contributed by atoms with Gasteiger partial charge in [0, 0.05) is 0 Å². The van der Waals surface area contributed by atoms with E-state index in [-0.39, 0.29) is 5.60 Å². The topological polar surface area (TPSA) is 9.23 Å². The van der Waals surface area contributed by atoms with E-state index in [9.17, 15) is 0 Å². The van der Waals surface area contributed by atoms with Crippen molar-refractivity contribution in [2.24, 2.45) is 0 Å². The lowest BCUT2D eigenvalue weighted by Gasteiger charge is -2.22. The van der Waals surface area contributed by atoms with Crippen molar-refractivity contribution in [2.75, 3.05) is 0 Å². The summed E-state index contributed by atoms with van der Waals surface area (Å²) in [5, 5.41) is 0. The Morgan fingerprint density at radius 3 is 2.33 bits per heavy atom. The molecule has 0 N–H and O–H groups in total. The molecule has 0 heterocycles. The summed E-state index contributed by atoms with van der Waals surface area (Å²) in [6, 6.07) is 6.14. The second kappa shape index (κ2) is 4.09. The Morgan fingerprint density at radius 2 is 1.87 bits per heavy atom. The molecule has 0 saturated carbocycles. The summed E-state index contributed by atoms with van der Waals surface area (Å²) in [6.45, 7) is 14.2. The SMILES string of the molecule is C=C(C)c1cc(OC(C)(C)C)ccc1C. The van der Waals surface area contributed by atoms with Crippen molar-refractivity contribution in [3.05, 3.63) is 35.9 Å². The average Bonchev–Trinajstić information content (AvgIpc) is 2.05. The van der Waals surface area contributed by atoms with E-state index >= 15 is 0 Å². The fraction of sp³-hybridized carbons (Fsp3) is 0.429. The van der Waals surface area contributed by atoms with Crippen LogP contribution in [0.15, 0.2) is 24.8 Å². The molecule has 15 heavy (non-hydrogen) atoms. The second-order valence-electron chi connectivity index (χ2n) is 4.97. The van der Waals surface area contributed by atoms with E-state index < -0.39 is 0 Å². The number of hydrogen-bond donors (Lipinski definition) is 0. The molecule has 1 heteroatoms. The molecule has 1 aromatic rings. The third-order valence-electron chi connectivity index (χ3n) is 2.09. The first kappa shape index (κ1) is 11.8. The summed E-state index contributed by atoms with van der Waals surface area (Å²) < 4.78 is 5.81. The van der Waals surface area contributed by atoms with Crippen molar-refractivity contribution in [3.63, 3.8) is 0 Å². The maximum atomic E-state index is 5.81. The van der Waals surface area contributed by atoms with E-state index in [4.69, 9.17) is 4.74 Å². The minimum absolute atomic E-state index is 0.151. The first-order valence-electron chi connectivity index (χ1n) is 5.25. The maximum absolute atomic E-state index is 5.81. The molecule has 0 spiro atoms. The van der Waals surface area contributed by atoms with Crippen LogP contribution in [0.2, 0.25) is 0 Å². The lowest BCUT2D eigenvalue weighted by Crippen LogP contribution is -2.22. The van der Waals surface area contributed by atoms with Crippen LogP contribution in [-0.2, 0) is 0 Å². The maximum Gasteiger partial charge on any atom is 0.120 e. The summed E-state index contributed by atoms with van der Waals surface area (Å²) in [5.74, 6) is 0.908. The number of rotatable bonds is 2. The summed E-state index contributed by atoms with van der Waals surface area (Å²) >= 11 is 0. The van der Waals surface area contributed by atoms with Gasteiger partial charge in [0.25, 0.3) is 0 Å². The van der Waals surface area contributed by atoms with Gasteiger partial charge in [-0.15, -0.1) is 0 Å². The van der Waals surface area contributed by atoms with Gasteiger partial charge in [-0.05, 0) is 57.9 Å². The highest BCUT2D eigenvalue weighted by atomic mass is 16.5. The van der Waals surface area contributed by atoms with Crippen LogP contribution in [0.4, 0.5) is 0 Å². The second-order valence-corrected chi connectivity index (χ2v) is 4.97. The van der Waals surface area contributed by atoms with Crippen LogP contribution in [0.5, 0.6) is 5.75 Å². The lowest BCUT2D eigenvalue weighted by molar-refractivity contribution is 0.131. The lowest BCUT2D eigenvalue weighted by atomic mass is 10.0.